The minimum atomic E-state index is -1.01. The van der Waals surface area contributed by atoms with Gasteiger partial charge in [-0.15, -0.1) is 0 Å². The molecule has 0 aromatic rings. The minimum Gasteiger partial charge on any atom is -0.480 e. The highest BCUT2D eigenvalue weighted by Gasteiger charge is 2.21. The van der Waals surface area contributed by atoms with Crippen molar-refractivity contribution in [2.45, 2.75) is 6.92 Å². The van der Waals surface area contributed by atoms with E-state index in [1.54, 1.807) is 14.7 Å². The lowest BCUT2D eigenvalue weighted by Gasteiger charge is -2.32. The number of amides is 1. The summed E-state index contributed by atoms with van der Waals surface area (Å²) >= 11 is 0. The molecule has 0 atom stereocenters. The number of aliphatic carboxylic acids is 3. The van der Waals surface area contributed by atoms with Crippen LogP contribution in [0.15, 0.2) is 0 Å². The molecule has 1 aliphatic heterocycles. The first-order valence-corrected chi connectivity index (χ1v) is 12.2. The Labute approximate surface area is 211 Å². The van der Waals surface area contributed by atoms with Crippen LogP contribution in [0, 0.1) is 0 Å². The van der Waals surface area contributed by atoms with Crippen molar-refractivity contribution in [1.82, 2.24) is 24.9 Å². The molecule has 1 rings (SSSR count). The molecule has 4 N–H and O–H groups in total. The number of carboxylic acid groups (broad SMARTS) is 3. The summed E-state index contributed by atoms with van der Waals surface area (Å²) in [6.07, 6.45) is 0. The van der Waals surface area contributed by atoms with Gasteiger partial charge in [-0.3, -0.25) is 38.8 Å². The standard InChI is InChI=1S/C22H41N5O9/c1-2-35-13-14-36-12-3-23-19(28)15-24-4-6-25(16-20(29)30)8-10-27(18-22(33)34)11-9-26(7-5-24)17-21(31)32/h2-18H2,1H3,(H,23,28)(H,29,30)(H,31,32)(H,33,34). The Morgan fingerprint density at radius 3 is 1.33 bits per heavy atom. The average molecular weight is 520 g/mol. The fraction of sp³-hybridized carbons (Fsp3) is 0.818. The number of nitrogens with one attached hydrogen (secondary N) is 1. The number of carbonyl (C=O) groups is 4. The van der Waals surface area contributed by atoms with Gasteiger partial charge in [-0.2, -0.15) is 0 Å². The van der Waals surface area contributed by atoms with Crippen molar-refractivity contribution in [3.63, 3.8) is 0 Å². The van der Waals surface area contributed by atoms with E-state index in [0.29, 0.717) is 85.3 Å². The molecule has 1 fully saturated rings. The summed E-state index contributed by atoms with van der Waals surface area (Å²) in [4.78, 5) is 53.3. The fourth-order valence-electron chi connectivity index (χ4n) is 3.67. The Bertz CT molecular complexity index is 650. The Balaban J connectivity index is 2.74. The van der Waals surface area contributed by atoms with Crippen molar-refractivity contribution in [1.29, 1.82) is 0 Å². The predicted molar refractivity (Wildman–Crippen MR) is 129 cm³/mol. The Morgan fingerprint density at radius 2 is 0.972 bits per heavy atom. The van der Waals surface area contributed by atoms with Crippen LogP contribution >= 0.6 is 0 Å². The van der Waals surface area contributed by atoms with E-state index in [2.05, 4.69) is 5.32 Å². The molecule has 0 aliphatic carbocycles. The molecule has 1 saturated heterocycles. The second-order valence-corrected chi connectivity index (χ2v) is 8.45. The number of nitrogens with zero attached hydrogens (tertiary/aromatic N) is 4. The minimum absolute atomic E-state index is 0.0753. The molecule has 1 aliphatic rings. The lowest BCUT2D eigenvalue weighted by Crippen LogP contribution is -2.50. The van der Waals surface area contributed by atoms with Gasteiger partial charge < -0.3 is 30.1 Å². The molecular formula is C22H41N5O9. The molecule has 0 unspecified atom stereocenters. The van der Waals surface area contributed by atoms with Crippen LogP contribution in [0.4, 0.5) is 0 Å². The van der Waals surface area contributed by atoms with Gasteiger partial charge >= 0.3 is 17.9 Å². The van der Waals surface area contributed by atoms with Crippen LogP contribution in [-0.4, -0.2) is 170 Å². The first-order chi connectivity index (χ1) is 17.2. The molecule has 1 amide bonds. The Hall–Kier alpha value is -2.36. The fourth-order valence-corrected chi connectivity index (χ4v) is 3.67. The van der Waals surface area contributed by atoms with Gasteiger partial charge in [-0.25, -0.2) is 0 Å². The van der Waals surface area contributed by atoms with Gasteiger partial charge in [0.05, 0.1) is 46.0 Å². The zero-order valence-electron chi connectivity index (χ0n) is 21.1. The molecule has 1 heterocycles. The molecule has 0 saturated carbocycles. The summed E-state index contributed by atoms with van der Waals surface area (Å²) in [5.41, 5.74) is 0. The van der Waals surface area contributed by atoms with E-state index in [4.69, 9.17) is 9.47 Å². The number of rotatable bonds is 15. The van der Waals surface area contributed by atoms with Crippen molar-refractivity contribution >= 4 is 23.8 Å². The number of hydrogen-bond donors (Lipinski definition) is 4. The summed E-state index contributed by atoms with van der Waals surface area (Å²) in [5.74, 6) is -3.20. The first kappa shape index (κ1) is 31.7. The molecule has 14 heteroatoms. The highest BCUT2D eigenvalue weighted by atomic mass is 16.5. The van der Waals surface area contributed by atoms with E-state index >= 15 is 0 Å². The van der Waals surface area contributed by atoms with E-state index in [1.807, 2.05) is 11.8 Å². The van der Waals surface area contributed by atoms with Gasteiger partial charge in [-0.1, -0.05) is 0 Å². The molecule has 0 aromatic carbocycles. The lowest BCUT2D eigenvalue weighted by molar-refractivity contribution is -0.140. The normalized spacial score (nSPS) is 17.7. The second kappa shape index (κ2) is 18.8. The Morgan fingerprint density at radius 1 is 0.611 bits per heavy atom. The highest BCUT2D eigenvalue weighted by molar-refractivity contribution is 5.78. The van der Waals surface area contributed by atoms with E-state index < -0.39 is 17.9 Å². The maximum Gasteiger partial charge on any atom is 0.317 e. The second-order valence-electron chi connectivity index (χ2n) is 8.45. The van der Waals surface area contributed by atoms with Crippen LogP contribution in [0.3, 0.4) is 0 Å². The van der Waals surface area contributed by atoms with Gasteiger partial charge in [0.25, 0.3) is 0 Å². The summed E-state index contributed by atoms with van der Waals surface area (Å²) in [6, 6.07) is 0. The lowest BCUT2D eigenvalue weighted by atomic mass is 10.3. The number of carbonyl (C=O) groups excluding carboxylic acids is 1. The van der Waals surface area contributed by atoms with Gasteiger partial charge in [0.2, 0.25) is 5.91 Å². The number of ether oxygens (including phenoxy) is 2. The van der Waals surface area contributed by atoms with Crippen LogP contribution in [0.1, 0.15) is 6.92 Å². The quantitative estimate of drug-likeness (QED) is 0.169. The molecule has 208 valence electrons. The number of hydrogen-bond acceptors (Lipinski definition) is 10. The third-order valence-electron chi connectivity index (χ3n) is 5.52. The first-order valence-electron chi connectivity index (χ1n) is 12.2. The SMILES string of the molecule is CCOCCOCCNC(=O)CN1CCN(CC(=O)O)CCN(CC(=O)O)CCN(CC(=O)O)CC1. The predicted octanol–water partition coefficient (Wildman–Crippen LogP) is -2.37. The van der Waals surface area contributed by atoms with Crippen LogP contribution in [-0.2, 0) is 28.7 Å². The molecule has 14 nitrogen and oxygen atoms in total. The van der Waals surface area contributed by atoms with Gasteiger partial charge in [-0.05, 0) is 6.92 Å². The zero-order valence-corrected chi connectivity index (χ0v) is 21.1. The largest absolute Gasteiger partial charge is 0.480 e. The summed E-state index contributed by atoms with van der Waals surface area (Å²) in [7, 11) is 0. The van der Waals surface area contributed by atoms with Crippen LogP contribution in [0.2, 0.25) is 0 Å². The maximum atomic E-state index is 12.5. The zero-order chi connectivity index (χ0) is 26.8. The molecule has 0 bridgehead atoms. The molecule has 0 aromatic heterocycles. The summed E-state index contributed by atoms with van der Waals surface area (Å²) in [6.45, 7) is 6.41. The van der Waals surface area contributed by atoms with Crippen molar-refractivity contribution in [3.8, 4) is 0 Å². The molecule has 36 heavy (non-hydrogen) atoms. The van der Waals surface area contributed by atoms with E-state index in [1.165, 1.54) is 0 Å². The van der Waals surface area contributed by atoms with Crippen molar-refractivity contribution in [2.75, 3.05) is 112 Å². The van der Waals surface area contributed by atoms with Crippen molar-refractivity contribution < 1.29 is 44.0 Å². The van der Waals surface area contributed by atoms with E-state index in [-0.39, 0.29) is 32.1 Å². The van der Waals surface area contributed by atoms with Crippen LogP contribution in [0.25, 0.3) is 0 Å². The van der Waals surface area contributed by atoms with E-state index in [9.17, 15) is 34.5 Å². The van der Waals surface area contributed by atoms with Gasteiger partial charge in [0, 0.05) is 65.5 Å². The monoisotopic (exact) mass is 519 g/mol. The van der Waals surface area contributed by atoms with Crippen molar-refractivity contribution in [2.24, 2.45) is 0 Å². The topological polar surface area (TPSA) is 172 Å². The molecular weight excluding hydrogens is 478 g/mol. The number of carboxylic acids is 3. The van der Waals surface area contributed by atoms with Crippen molar-refractivity contribution in [3.05, 3.63) is 0 Å². The Kier molecular flexibility index (Phi) is 16.6. The maximum absolute atomic E-state index is 12.5. The molecule has 0 radical (unpaired) electrons. The average Bonchev–Trinajstić information content (AvgIpc) is 2.79. The van der Waals surface area contributed by atoms with Crippen LogP contribution < -0.4 is 5.32 Å². The smallest absolute Gasteiger partial charge is 0.317 e. The third kappa shape index (κ3) is 16.3. The summed E-state index contributed by atoms with van der Waals surface area (Å²) < 4.78 is 10.6. The van der Waals surface area contributed by atoms with Crippen LogP contribution in [0.5, 0.6) is 0 Å². The summed E-state index contributed by atoms with van der Waals surface area (Å²) in [5, 5.41) is 30.6. The van der Waals surface area contributed by atoms with Gasteiger partial charge in [0.1, 0.15) is 0 Å². The van der Waals surface area contributed by atoms with E-state index in [0.717, 1.165) is 0 Å². The highest BCUT2D eigenvalue weighted by Crippen LogP contribution is 2.01. The third-order valence-corrected chi connectivity index (χ3v) is 5.52. The molecule has 0 spiro atoms. The van der Waals surface area contributed by atoms with Gasteiger partial charge in [0.15, 0.2) is 0 Å².